The fraction of sp³-hybridized carbons (Fsp3) is 0.638. The molecule has 5 saturated carbocycles. The summed E-state index contributed by atoms with van der Waals surface area (Å²) in [5.41, 5.74) is 8.07. The Hall–Kier alpha value is -3.65. The molecule has 9 atom stereocenters. The minimum Gasteiger partial charge on any atom is -0.507 e. The number of hydrogen-bond donors (Lipinski definition) is 4. The molecule has 5 aliphatic rings. The third kappa shape index (κ3) is 8.13. The van der Waals surface area contributed by atoms with E-state index in [1.54, 1.807) is 18.2 Å². The van der Waals surface area contributed by atoms with Crippen LogP contribution in [0.3, 0.4) is 0 Å². The van der Waals surface area contributed by atoms with Gasteiger partial charge < -0.3 is 26.0 Å². The molecule has 0 radical (unpaired) electrons. The molecule has 8 nitrogen and oxygen atoms in total. The molecule has 5 N–H and O–H groups in total. The summed E-state index contributed by atoms with van der Waals surface area (Å²) in [4.78, 5) is 33.8. The first kappa shape index (κ1) is 42.5. The second kappa shape index (κ2) is 17.2. The first-order chi connectivity index (χ1) is 26.1. The quantitative estimate of drug-likeness (QED) is 0.126. The number of allylic oxidation sites excluding steroid dienone is 1. The number of carbonyl (C=O) groups is 3. The van der Waals surface area contributed by atoms with E-state index in [9.17, 15) is 19.8 Å². The number of esters is 1. The summed E-state index contributed by atoms with van der Waals surface area (Å²) < 4.78 is 4.76. The number of methoxy groups -OCH3 is 1. The molecular weight excluding hydrogens is 689 g/mol. The second-order valence-corrected chi connectivity index (χ2v) is 18.5. The number of carbonyl (C=O) groups excluding carboxylic acids is 3. The van der Waals surface area contributed by atoms with Gasteiger partial charge in [0.2, 0.25) is 6.41 Å². The number of benzene rings is 2. The molecule has 0 heterocycles. The maximum atomic E-state index is 13.2. The molecule has 0 bridgehead atoms. The molecule has 0 aromatic heterocycles. The summed E-state index contributed by atoms with van der Waals surface area (Å²) in [5, 5.41) is 24.0. The largest absolute Gasteiger partial charge is 0.507 e. The average molecular weight is 757 g/mol. The number of ether oxygens (including phenoxy) is 1. The van der Waals surface area contributed by atoms with Crippen LogP contribution in [0.4, 0.5) is 0 Å². The Morgan fingerprint density at radius 1 is 0.909 bits per heavy atom. The number of aromatic hydroxyl groups is 1. The van der Waals surface area contributed by atoms with E-state index >= 15 is 0 Å². The Morgan fingerprint density at radius 3 is 2.33 bits per heavy atom. The molecule has 2 aromatic rings. The number of phenolic OH excluding ortho intramolecular Hbond substituents is 1. The van der Waals surface area contributed by atoms with Crippen molar-refractivity contribution in [3.63, 3.8) is 0 Å². The zero-order valence-corrected chi connectivity index (χ0v) is 34.4. The molecule has 302 valence electrons. The van der Waals surface area contributed by atoms with Crippen LogP contribution in [-0.2, 0) is 22.5 Å². The van der Waals surface area contributed by atoms with Crippen LogP contribution in [0.1, 0.15) is 144 Å². The summed E-state index contributed by atoms with van der Waals surface area (Å²) in [5.74, 6) is 3.01. The number of aryl methyl sites for hydroxylation is 1. The third-order valence-electron chi connectivity index (χ3n) is 15.7. The van der Waals surface area contributed by atoms with Crippen molar-refractivity contribution in [2.75, 3.05) is 7.11 Å². The minimum absolute atomic E-state index is 0.0128. The topological polar surface area (TPSA) is 139 Å². The molecular formula is C47H68N2O6. The van der Waals surface area contributed by atoms with Gasteiger partial charge in [0.05, 0.1) is 13.2 Å². The SMILES string of the molecule is C=CC.COC(=O)c1cc(CNC(=O)c2cccc(CCC34CCCC3C3CCC5C(C)(CCC6C(C)(C)C(O)CCC65C)C3CC4)c2)ccc1O.NC=O. The molecule has 8 heteroatoms. The van der Waals surface area contributed by atoms with Gasteiger partial charge in [-0.05, 0) is 171 Å². The smallest absolute Gasteiger partial charge is 0.341 e. The van der Waals surface area contributed by atoms with E-state index in [4.69, 9.17) is 9.53 Å². The van der Waals surface area contributed by atoms with E-state index in [2.05, 4.69) is 57.5 Å². The van der Waals surface area contributed by atoms with Gasteiger partial charge in [0.25, 0.3) is 5.91 Å². The van der Waals surface area contributed by atoms with Crippen LogP contribution in [0.15, 0.2) is 55.1 Å². The van der Waals surface area contributed by atoms with Gasteiger partial charge >= 0.3 is 5.97 Å². The number of primary amides is 1. The van der Waals surface area contributed by atoms with Crippen molar-refractivity contribution >= 4 is 18.3 Å². The van der Waals surface area contributed by atoms with Crippen LogP contribution in [-0.4, -0.2) is 41.7 Å². The molecule has 0 spiro atoms. The third-order valence-corrected chi connectivity index (χ3v) is 15.7. The lowest BCUT2D eigenvalue weighted by Crippen LogP contribution is -2.63. The van der Waals surface area contributed by atoms with Crippen molar-refractivity contribution in [3.8, 4) is 5.75 Å². The molecule has 5 fully saturated rings. The van der Waals surface area contributed by atoms with Gasteiger partial charge in [0.1, 0.15) is 11.3 Å². The fourth-order valence-electron chi connectivity index (χ4n) is 13.3. The predicted octanol–water partition coefficient (Wildman–Crippen LogP) is 9.16. The van der Waals surface area contributed by atoms with Gasteiger partial charge in [0.15, 0.2) is 0 Å². The van der Waals surface area contributed by atoms with Gasteiger partial charge in [-0.1, -0.05) is 58.4 Å². The van der Waals surface area contributed by atoms with Gasteiger partial charge in [-0.3, -0.25) is 9.59 Å². The van der Waals surface area contributed by atoms with E-state index in [1.807, 2.05) is 19.1 Å². The minimum atomic E-state index is -0.607. The number of aliphatic hydroxyl groups is 1. The highest BCUT2D eigenvalue weighted by Crippen LogP contribution is 2.73. The number of nitrogens with one attached hydrogen (secondary N) is 1. The lowest BCUT2D eigenvalue weighted by Gasteiger charge is -2.69. The van der Waals surface area contributed by atoms with Crippen molar-refractivity contribution in [1.82, 2.24) is 5.32 Å². The standard InChI is InChI=1S/C43H59NO5.C3H6.CH3NO/c1-40(2)35-17-20-41(3)32-16-23-43(19-7-10-33(43)30(32)12-14-36(41)42(35,4)21-18-37(40)46)22-15-27-8-6-9-29(24-27)38(47)44-26-28-11-13-34(45)31(25-28)39(48)49-5;1-3-2;2-1-3/h6,8-9,11,13,24-25,30,32-33,35-37,45-46H,7,10,12,14-23,26H2,1-5H3,(H,44,47);3H,1H2,2H3;1H,(H2,2,3). The van der Waals surface area contributed by atoms with Gasteiger partial charge in [-0.15, -0.1) is 6.58 Å². The molecule has 55 heavy (non-hydrogen) atoms. The van der Waals surface area contributed by atoms with Crippen LogP contribution >= 0.6 is 0 Å². The van der Waals surface area contributed by atoms with Crippen molar-refractivity contribution in [2.45, 2.75) is 131 Å². The zero-order valence-electron chi connectivity index (χ0n) is 34.4. The molecule has 7 rings (SSSR count). The van der Waals surface area contributed by atoms with Gasteiger partial charge in [-0.2, -0.15) is 0 Å². The highest BCUT2D eigenvalue weighted by atomic mass is 16.5. The van der Waals surface area contributed by atoms with E-state index in [-0.39, 0.29) is 41.7 Å². The molecule has 0 saturated heterocycles. The van der Waals surface area contributed by atoms with Crippen molar-refractivity contribution in [2.24, 2.45) is 57.0 Å². The van der Waals surface area contributed by atoms with Crippen LogP contribution in [0.5, 0.6) is 5.75 Å². The van der Waals surface area contributed by atoms with Gasteiger partial charge in [0, 0.05) is 12.1 Å². The number of rotatable bonds is 7. The summed E-state index contributed by atoms with van der Waals surface area (Å²) >= 11 is 0. The molecule has 0 aliphatic heterocycles. The Labute approximate surface area is 330 Å². The average Bonchev–Trinajstić information content (AvgIpc) is 3.60. The van der Waals surface area contributed by atoms with Crippen LogP contribution in [0, 0.1) is 51.2 Å². The number of amides is 2. The number of fused-ring (bicyclic) bond motifs is 7. The Balaban J connectivity index is 0.000000909. The van der Waals surface area contributed by atoms with E-state index < -0.39 is 5.97 Å². The second-order valence-electron chi connectivity index (χ2n) is 18.5. The van der Waals surface area contributed by atoms with E-state index in [1.165, 1.54) is 89.4 Å². The number of nitrogens with two attached hydrogens (primary N) is 1. The molecule has 2 amide bonds. The molecule has 9 unspecified atom stereocenters. The highest BCUT2D eigenvalue weighted by molar-refractivity contribution is 5.94. The van der Waals surface area contributed by atoms with Crippen LogP contribution < -0.4 is 11.1 Å². The number of phenols is 1. The van der Waals surface area contributed by atoms with E-state index in [0.29, 0.717) is 27.7 Å². The summed E-state index contributed by atoms with van der Waals surface area (Å²) in [6.07, 6.45) is 18.4. The Bertz CT molecular complexity index is 1680. The summed E-state index contributed by atoms with van der Waals surface area (Å²) in [6, 6.07) is 12.8. The summed E-state index contributed by atoms with van der Waals surface area (Å²) in [7, 11) is 1.28. The highest BCUT2D eigenvalue weighted by Gasteiger charge is 2.66. The van der Waals surface area contributed by atoms with Crippen LogP contribution in [0.25, 0.3) is 0 Å². The fourth-order valence-corrected chi connectivity index (χ4v) is 13.3. The molecule has 5 aliphatic carbocycles. The van der Waals surface area contributed by atoms with Gasteiger partial charge in [-0.25, -0.2) is 4.79 Å². The van der Waals surface area contributed by atoms with Crippen LogP contribution in [0.2, 0.25) is 0 Å². The van der Waals surface area contributed by atoms with Crippen molar-refractivity contribution in [3.05, 3.63) is 77.4 Å². The number of aliphatic hydroxyl groups excluding tert-OH is 1. The molecule has 2 aromatic carbocycles. The Kier molecular flexibility index (Phi) is 13.3. The lowest BCUT2D eigenvalue weighted by molar-refractivity contribution is -0.214. The predicted molar refractivity (Wildman–Crippen MR) is 218 cm³/mol. The summed E-state index contributed by atoms with van der Waals surface area (Å²) in [6.45, 7) is 15.5. The maximum absolute atomic E-state index is 13.2. The maximum Gasteiger partial charge on any atom is 0.341 e. The zero-order chi connectivity index (χ0) is 40.2. The Morgan fingerprint density at radius 2 is 1.62 bits per heavy atom. The lowest BCUT2D eigenvalue weighted by atomic mass is 9.36. The monoisotopic (exact) mass is 757 g/mol. The number of hydrogen-bond acceptors (Lipinski definition) is 6. The van der Waals surface area contributed by atoms with E-state index in [0.717, 1.165) is 42.1 Å². The first-order valence-corrected chi connectivity index (χ1v) is 20.8. The van der Waals surface area contributed by atoms with Crippen molar-refractivity contribution in [1.29, 1.82) is 0 Å². The first-order valence-electron chi connectivity index (χ1n) is 20.8. The van der Waals surface area contributed by atoms with Crippen molar-refractivity contribution < 1.29 is 29.3 Å². The normalized spacial score (nSPS) is 33.9.